The SMILES string of the molecule is CC(C)[C@H](NC(=O)[C@@H](N)Cc1ccc(O)cc1)C(=O)N[C@@H](C)C(=O)NC(C=O)CCC(=O)O. The van der Waals surface area contributed by atoms with E-state index < -0.39 is 47.9 Å². The number of rotatable bonds is 13. The van der Waals surface area contributed by atoms with Crippen LogP contribution in [0.25, 0.3) is 0 Å². The molecule has 0 bridgehead atoms. The molecule has 0 heterocycles. The summed E-state index contributed by atoms with van der Waals surface area (Å²) in [6.07, 6.45) is 0.258. The maximum Gasteiger partial charge on any atom is 0.303 e. The third-order valence-electron chi connectivity index (χ3n) is 4.89. The summed E-state index contributed by atoms with van der Waals surface area (Å²) < 4.78 is 0. The molecule has 0 saturated heterocycles. The molecule has 7 N–H and O–H groups in total. The van der Waals surface area contributed by atoms with Crippen LogP contribution in [0.5, 0.6) is 5.75 Å². The van der Waals surface area contributed by atoms with Gasteiger partial charge in [-0.25, -0.2) is 0 Å². The number of phenols is 1. The molecule has 4 atom stereocenters. The minimum atomic E-state index is -1.10. The topological polar surface area (TPSA) is 188 Å². The molecule has 0 spiro atoms. The lowest BCUT2D eigenvalue weighted by atomic mass is 10.0. The zero-order valence-corrected chi connectivity index (χ0v) is 18.9. The summed E-state index contributed by atoms with van der Waals surface area (Å²) in [5, 5.41) is 25.5. The van der Waals surface area contributed by atoms with E-state index in [0.717, 1.165) is 5.56 Å². The molecule has 0 aliphatic heterocycles. The number of carboxylic acids is 1. The van der Waals surface area contributed by atoms with Crippen molar-refractivity contribution in [2.45, 2.75) is 64.2 Å². The number of hydrogen-bond acceptors (Lipinski definition) is 7. The van der Waals surface area contributed by atoms with Crippen LogP contribution in [0.3, 0.4) is 0 Å². The van der Waals surface area contributed by atoms with Gasteiger partial charge in [0.25, 0.3) is 0 Å². The minimum Gasteiger partial charge on any atom is -0.508 e. The lowest BCUT2D eigenvalue weighted by Crippen LogP contribution is -2.57. The maximum absolute atomic E-state index is 12.7. The van der Waals surface area contributed by atoms with Crippen molar-refractivity contribution in [2.24, 2.45) is 11.7 Å². The standard InChI is InChI=1S/C22H32N4O7/c1-12(2)19(26-21(32)17(23)10-14-4-7-16(28)8-5-14)22(33)24-13(3)20(31)25-15(11-27)6-9-18(29)30/h4-5,7-8,11-13,15,17,19,28H,6,9-10,23H2,1-3H3,(H,24,33)(H,25,31)(H,26,32)(H,29,30)/t13-,15?,17-,19-/m0/s1. The fourth-order valence-electron chi connectivity index (χ4n) is 2.90. The molecule has 0 aliphatic rings. The van der Waals surface area contributed by atoms with Crippen LogP contribution < -0.4 is 21.7 Å². The fourth-order valence-corrected chi connectivity index (χ4v) is 2.90. The first-order valence-corrected chi connectivity index (χ1v) is 10.6. The van der Waals surface area contributed by atoms with Gasteiger partial charge in [0.2, 0.25) is 17.7 Å². The molecule has 1 aromatic carbocycles. The molecule has 11 nitrogen and oxygen atoms in total. The number of aliphatic carboxylic acids is 1. The Hall–Kier alpha value is -3.47. The predicted octanol–water partition coefficient (Wildman–Crippen LogP) is -0.544. The second kappa shape index (κ2) is 13.2. The van der Waals surface area contributed by atoms with Crippen LogP contribution in [-0.2, 0) is 30.4 Å². The number of hydrogen-bond donors (Lipinski definition) is 6. The third-order valence-corrected chi connectivity index (χ3v) is 4.89. The Bertz CT molecular complexity index is 842. The highest BCUT2D eigenvalue weighted by Crippen LogP contribution is 2.11. The number of amides is 3. The number of nitrogens with one attached hydrogen (secondary N) is 3. The van der Waals surface area contributed by atoms with Gasteiger partial charge in [0.05, 0.1) is 12.1 Å². The van der Waals surface area contributed by atoms with Crippen LogP contribution in [0.15, 0.2) is 24.3 Å². The number of carbonyl (C=O) groups is 5. The molecule has 0 fully saturated rings. The first kappa shape index (κ1) is 27.6. The van der Waals surface area contributed by atoms with Gasteiger partial charge in [0.1, 0.15) is 24.1 Å². The van der Waals surface area contributed by atoms with Gasteiger partial charge in [0.15, 0.2) is 0 Å². The molecule has 3 amide bonds. The van der Waals surface area contributed by atoms with Gasteiger partial charge in [-0.3, -0.25) is 19.2 Å². The van der Waals surface area contributed by atoms with Crippen molar-refractivity contribution >= 4 is 30.0 Å². The molecule has 0 radical (unpaired) electrons. The Balaban J connectivity index is 2.68. The number of benzene rings is 1. The van der Waals surface area contributed by atoms with Crippen LogP contribution >= 0.6 is 0 Å². The highest BCUT2D eigenvalue weighted by Gasteiger charge is 2.29. The first-order valence-electron chi connectivity index (χ1n) is 10.6. The van der Waals surface area contributed by atoms with E-state index in [1.807, 2.05) is 0 Å². The highest BCUT2D eigenvalue weighted by atomic mass is 16.4. The van der Waals surface area contributed by atoms with E-state index in [0.29, 0.717) is 6.29 Å². The normalized spacial score (nSPS) is 14.5. The van der Waals surface area contributed by atoms with E-state index >= 15 is 0 Å². The molecule has 0 aliphatic carbocycles. The Morgan fingerprint density at radius 2 is 1.58 bits per heavy atom. The predicted molar refractivity (Wildman–Crippen MR) is 119 cm³/mol. The van der Waals surface area contributed by atoms with E-state index in [-0.39, 0.29) is 30.9 Å². The second-order valence-corrected chi connectivity index (χ2v) is 8.12. The number of nitrogens with two attached hydrogens (primary N) is 1. The number of aromatic hydroxyl groups is 1. The molecule has 0 saturated carbocycles. The summed E-state index contributed by atoms with van der Waals surface area (Å²) in [6, 6.07) is 2.30. The van der Waals surface area contributed by atoms with Crippen molar-refractivity contribution in [1.29, 1.82) is 0 Å². The lowest BCUT2D eigenvalue weighted by molar-refractivity contribution is -0.137. The second-order valence-electron chi connectivity index (χ2n) is 8.12. The summed E-state index contributed by atoms with van der Waals surface area (Å²) in [6.45, 7) is 4.84. The summed E-state index contributed by atoms with van der Waals surface area (Å²) in [5.74, 6) is -3.15. The van der Waals surface area contributed by atoms with Gasteiger partial charge < -0.3 is 36.7 Å². The third kappa shape index (κ3) is 9.69. The Kier molecular flexibility index (Phi) is 11.0. The summed E-state index contributed by atoms with van der Waals surface area (Å²) in [4.78, 5) is 59.2. The van der Waals surface area contributed by atoms with Gasteiger partial charge in [-0.05, 0) is 43.4 Å². The maximum atomic E-state index is 12.7. The summed E-state index contributed by atoms with van der Waals surface area (Å²) in [7, 11) is 0. The van der Waals surface area contributed by atoms with Crippen LogP contribution in [0, 0.1) is 5.92 Å². The zero-order chi connectivity index (χ0) is 25.1. The van der Waals surface area contributed by atoms with Crippen molar-refractivity contribution in [2.75, 3.05) is 0 Å². The van der Waals surface area contributed by atoms with E-state index in [9.17, 15) is 29.1 Å². The van der Waals surface area contributed by atoms with Crippen LogP contribution in [0.2, 0.25) is 0 Å². The summed E-state index contributed by atoms with van der Waals surface area (Å²) in [5.41, 5.74) is 6.70. The van der Waals surface area contributed by atoms with E-state index in [1.54, 1.807) is 26.0 Å². The van der Waals surface area contributed by atoms with E-state index in [4.69, 9.17) is 10.8 Å². The number of aldehydes is 1. The van der Waals surface area contributed by atoms with Crippen LogP contribution in [0.1, 0.15) is 39.2 Å². The highest BCUT2D eigenvalue weighted by molar-refractivity contribution is 5.93. The Morgan fingerprint density at radius 3 is 2.09 bits per heavy atom. The van der Waals surface area contributed by atoms with E-state index in [2.05, 4.69) is 16.0 Å². The van der Waals surface area contributed by atoms with Gasteiger partial charge in [-0.1, -0.05) is 26.0 Å². The van der Waals surface area contributed by atoms with Crippen LogP contribution in [-0.4, -0.2) is 64.4 Å². The molecule has 11 heteroatoms. The van der Waals surface area contributed by atoms with Crippen molar-refractivity contribution in [3.05, 3.63) is 29.8 Å². The largest absolute Gasteiger partial charge is 0.508 e. The van der Waals surface area contributed by atoms with Crippen molar-refractivity contribution in [3.63, 3.8) is 0 Å². The van der Waals surface area contributed by atoms with Crippen molar-refractivity contribution in [1.82, 2.24) is 16.0 Å². The van der Waals surface area contributed by atoms with Gasteiger partial charge in [-0.2, -0.15) is 0 Å². The zero-order valence-electron chi connectivity index (χ0n) is 18.9. The molecule has 1 unspecified atom stereocenters. The molecule has 1 aromatic rings. The number of carbonyl (C=O) groups excluding carboxylic acids is 4. The molecule has 33 heavy (non-hydrogen) atoms. The molecular formula is C22H32N4O7. The smallest absolute Gasteiger partial charge is 0.303 e. The molecule has 182 valence electrons. The Morgan fingerprint density at radius 1 is 0.970 bits per heavy atom. The molecule has 1 rings (SSSR count). The lowest BCUT2D eigenvalue weighted by Gasteiger charge is -2.25. The van der Waals surface area contributed by atoms with Crippen molar-refractivity contribution < 1.29 is 34.2 Å². The van der Waals surface area contributed by atoms with Crippen LogP contribution in [0.4, 0.5) is 0 Å². The average molecular weight is 465 g/mol. The van der Waals surface area contributed by atoms with E-state index in [1.165, 1.54) is 19.1 Å². The van der Waals surface area contributed by atoms with Gasteiger partial charge >= 0.3 is 5.97 Å². The summed E-state index contributed by atoms with van der Waals surface area (Å²) >= 11 is 0. The van der Waals surface area contributed by atoms with Gasteiger partial charge in [-0.15, -0.1) is 0 Å². The number of carboxylic acid groups (broad SMARTS) is 1. The first-order chi connectivity index (χ1) is 15.4. The quantitative estimate of drug-likeness (QED) is 0.210. The van der Waals surface area contributed by atoms with Gasteiger partial charge in [0, 0.05) is 6.42 Å². The minimum absolute atomic E-state index is 0.0746. The molecule has 0 aromatic heterocycles. The monoisotopic (exact) mass is 464 g/mol. The Labute approximate surface area is 192 Å². The molecular weight excluding hydrogens is 432 g/mol. The average Bonchev–Trinajstić information content (AvgIpc) is 2.75. The number of phenolic OH excluding ortho intramolecular Hbond substituents is 1. The van der Waals surface area contributed by atoms with Crippen molar-refractivity contribution in [3.8, 4) is 5.75 Å². The fraction of sp³-hybridized carbons (Fsp3) is 0.500.